The number of nitrogen functional groups attached to an aromatic ring is 1. The predicted octanol–water partition coefficient (Wildman–Crippen LogP) is 3.01. The van der Waals surface area contributed by atoms with Crippen molar-refractivity contribution in [3.8, 4) is 0 Å². The van der Waals surface area contributed by atoms with Crippen LogP contribution in [0.1, 0.15) is 29.7 Å². The second-order valence-electron chi connectivity index (χ2n) is 5.05. The Hall–Kier alpha value is -2.43. The van der Waals surface area contributed by atoms with E-state index >= 15 is 0 Å². The first-order valence-electron chi connectivity index (χ1n) is 6.70. The second-order valence-corrected chi connectivity index (χ2v) is 5.05. The fraction of sp³-hybridized carbons (Fsp3) is 0.250. The minimum atomic E-state index is -0.256. The van der Waals surface area contributed by atoms with Gasteiger partial charge in [-0.15, -0.1) is 0 Å². The first-order valence-corrected chi connectivity index (χ1v) is 6.70. The predicted molar refractivity (Wildman–Crippen MR) is 83.2 cm³/mol. The lowest BCUT2D eigenvalue weighted by Gasteiger charge is -2.28. The molecule has 0 aliphatic rings. The molecule has 110 valence electrons. The van der Waals surface area contributed by atoms with Gasteiger partial charge in [0.25, 0.3) is 0 Å². The van der Waals surface area contributed by atoms with E-state index in [1.165, 1.54) is 6.07 Å². The molecule has 3 N–H and O–H groups in total. The number of halogens is 1. The molecule has 0 aliphatic carbocycles. The van der Waals surface area contributed by atoms with Crippen LogP contribution in [-0.4, -0.2) is 17.9 Å². The Morgan fingerprint density at radius 2 is 2.00 bits per heavy atom. The van der Waals surface area contributed by atoms with E-state index in [-0.39, 0.29) is 17.7 Å². The maximum absolute atomic E-state index is 13.9. The van der Waals surface area contributed by atoms with Crippen LogP contribution in [0.25, 0.3) is 0 Å². The molecule has 21 heavy (non-hydrogen) atoms. The van der Waals surface area contributed by atoms with Gasteiger partial charge in [0.15, 0.2) is 0 Å². The van der Waals surface area contributed by atoms with Gasteiger partial charge < -0.3 is 10.6 Å². The van der Waals surface area contributed by atoms with Crippen molar-refractivity contribution in [2.75, 3.05) is 11.9 Å². The van der Waals surface area contributed by atoms with E-state index < -0.39 is 0 Å². The van der Waals surface area contributed by atoms with E-state index in [9.17, 15) is 4.39 Å². The highest BCUT2D eigenvalue weighted by molar-refractivity contribution is 6.01. The molecule has 1 unspecified atom stereocenters. The van der Waals surface area contributed by atoms with Crippen molar-refractivity contribution in [3.63, 3.8) is 0 Å². The summed E-state index contributed by atoms with van der Waals surface area (Å²) >= 11 is 0. The van der Waals surface area contributed by atoms with Crippen LogP contribution >= 0.6 is 0 Å². The Morgan fingerprint density at radius 1 is 1.33 bits per heavy atom. The fourth-order valence-electron chi connectivity index (χ4n) is 2.35. The first-order chi connectivity index (χ1) is 9.93. The third-order valence-corrected chi connectivity index (χ3v) is 3.68. The van der Waals surface area contributed by atoms with E-state index in [1.54, 1.807) is 24.4 Å². The zero-order chi connectivity index (χ0) is 15.6. The van der Waals surface area contributed by atoms with Crippen LogP contribution in [0.3, 0.4) is 0 Å². The summed E-state index contributed by atoms with van der Waals surface area (Å²) in [6, 6.07) is 8.24. The third-order valence-electron chi connectivity index (χ3n) is 3.68. The number of nitrogens with zero attached hydrogens (tertiary/aromatic N) is 2. The summed E-state index contributed by atoms with van der Waals surface area (Å²) in [5, 5.41) is 7.74. The molecule has 2 aromatic rings. The molecule has 1 aromatic carbocycles. The Kier molecular flexibility index (Phi) is 4.21. The van der Waals surface area contributed by atoms with E-state index in [0.29, 0.717) is 16.9 Å². The van der Waals surface area contributed by atoms with Crippen LogP contribution < -0.4 is 10.6 Å². The Bertz CT molecular complexity index is 669. The molecule has 0 amide bonds. The Labute approximate surface area is 123 Å². The van der Waals surface area contributed by atoms with E-state index in [1.807, 2.05) is 31.9 Å². The quantitative estimate of drug-likeness (QED) is 0.670. The van der Waals surface area contributed by atoms with E-state index in [2.05, 4.69) is 4.98 Å². The van der Waals surface area contributed by atoms with Crippen molar-refractivity contribution in [2.24, 2.45) is 5.73 Å². The summed E-state index contributed by atoms with van der Waals surface area (Å²) in [5.74, 6) is 0.287. The molecule has 0 radical (unpaired) electrons. The number of nitrogens with two attached hydrogens (primary N) is 1. The van der Waals surface area contributed by atoms with Gasteiger partial charge in [-0.05, 0) is 31.5 Å². The molecule has 0 aliphatic heterocycles. The van der Waals surface area contributed by atoms with Gasteiger partial charge >= 0.3 is 0 Å². The zero-order valence-electron chi connectivity index (χ0n) is 12.4. The summed E-state index contributed by atoms with van der Waals surface area (Å²) in [4.78, 5) is 6.16. The highest BCUT2D eigenvalue weighted by Gasteiger charge is 2.21. The number of pyridine rings is 1. The zero-order valence-corrected chi connectivity index (χ0v) is 12.4. The highest BCUT2D eigenvalue weighted by atomic mass is 19.1. The summed E-state index contributed by atoms with van der Waals surface area (Å²) in [5.41, 5.74) is 7.71. The Morgan fingerprint density at radius 3 is 2.62 bits per heavy atom. The standard InChI is InChI=1S/C16H19FN4/c1-10-8-9-20-16(14(10)15(18)19)21(3)11(2)12-6-4-5-7-13(12)17/h4-9,11H,1-3H3,(H3,18,19). The normalized spacial score (nSPS) is 12.0. The van der Waals surface area contributed by atoms with Gasteiger partial charge in [0.05, 0.1) is 11.6 Å². The van der Waals surface area contributed by atoms with Gasteiger partial charge in [-0.2, -0.15) is 0 Å². The summed E-state index contributed by atoms with van der Waals surface area (Å²) in [6.07, 6.45) is 1.67. The number of aryl methyl sites for hydroxylation is 1. The number of benzene rings is 1. The van der Waals surface area contributed by atoms with Gasteiger partial charge in [-0.25, -0.2) is 9.37 Å². The lowest BCUT2D eigenvalue weighted by molar-refractivity contribution is 0.584. The van der Waals surface area contributed by atoms with Gasteiger partial charge in [-0.1, -0.05) is 18.2 Å². The topological polar surface area (TPSA) is 66.0 Å². The average molecular weight is 286 g/mol. The minimum absolute atomic E-state index is 0.0387. The number of hydrogen-bond acceptors (Lipinski definition) is 3. The maximum atomic E-state index is 13.9. The largest absolute Gasteiger partial charge is 0.384 e. The summed E-state index contributed by atoms with van der Waals surface area (Å²) in [7, 11) is 1.82. The van der Waals surface area contributed by atoms with Crippen LogP contribution in [-0.2, 0) is 0 Å². The molecule has 5 heteroatoms. The monoisotopic (exact) mass is 286 g/mol. The van der Waals surface area contributed by atoms with Gasteiger partial charge in [0, 0.05) is 18.8 Å². The van der Waals surface area contributed by atoms with Crippen molar-refractivity contribution in [1.29, 1.82) is 5.41 Å². The van der Waals surface area contributed by atoms with E-state index in [0.717, 1.165) is 5.56 Å². The lowest BCUT2D eigenvalue weighted by Crippen LogP contribution is -2.27. The number of amidine groups is 1. The molecule has 0 fully saturated rings. The van der Waals surface area contributed by atoms with Gasteiger partial charge in [0.1, 0.15) is 17.5 Å². The lowest BCUT2D eigenvalue weighted by atomic mass is 10.0. The minimum Gasteiger partial charge on any atom is -0.384 e. The van der Waals surface area contributed by atoms with Crippen LogP contribution in [0.2, 0.25) is 0 Å². The number of rotatable bonds is 4. The molecular weight excluding hydrogens is 267 g/mol. The van der Waals surface area contributed by atoms with Gasteiger partial charge in [-0.3, -0.25) is 5.41 Å². The average Bonchev–Trinajstić information content (AvgIpc) is 2.45. The molecule has 2 rings (SSSR count). The second kappa shape index (κ2) is 5.91. The van der Waals surface area contributed by atoms with Crippen molar-refractivity contribution in [2.45, 2.75) is 19.9 Å². The van der Waals surface area contributed by atoms with Crippen LogP contribution in [0.5, 0.6) is 0 Å². The number of hydrogen-bond donors (Lipinski definition) is 2. The van der Waals surface area contributed by atoms with Crippen molar-refractivity contribution < 1.29 is 4.39 Å². The molecule has 1 heterocycles. The van der Waals surface area contributed by atoms with Crippen LogP contribution in [0, 0.1) is 18.2 Å². The van der Waals surface area contributed by atoms with E-state index in [4.69, 9.17) is 11.1 Å². The molecule has 0 saturated heterocycles. The Balaban J connectivity index is 2.46. The maximum Gasteiger partial charge on any atom is 0.140 e. The number of anilines is 1. The smallest absolute Gasteiger partial charge is 0.140 e. The molecule has 0 bridgehead atoms. The molecule has 4 nitrogen and oxygen atoms in total. The SMILES string of the molecule is Cc1ccnc(N(C)C(C)c2ccccc2F)c1C(=N)N. The van der Waals surface area contributed by atoms with Crippen molar-refractivity contribution in [1.82, 2.24) is 4.98 Å². The van der Waals surface area contributed by atoms with Crippen LogP contribution in [0.15, 0.2) is 36.5 Å². The summed E-state index contributed by atoms with van der Waals surface area (Å²) < 4.78 is 13.9. The number of aromatic nitrogens is 1. The van der Waals surface area contributed by atoms with Gasteiger partial charge in [0.2, 0.25) is 0 Å². The molecule has 0 saturated carbocycles. The molecule has 0 spiro atoms. The molecule has 1 aromatic heterocycles. The fourth-order valence-corrected chi connectivity index (χ4v) is 2.35. The first kappa shape index (κ1) is 15.0. The van der Waals surface area contributed by atoms with Crippen LogP contribution in [0.4, 0.5) is 10.2 Å². The van der Waals surface area contributed by atoms with Crippen molar-refractivity contribution >= 4 is 11.7 Å². The molecular formula is C16H19FN4. The number of nitrogens with one attached hydrogen (secondary N) is 1. The molecule has 1 atom stereocenters. The van der Waals surface area contributed by atoms with Crippen molar-refractivity contribution in [3.05, 3.63) is 59.0 Å². The third kappa shape index (κ3) is 2.86. The highest BCUT2D eigenvalue weighted by Crippen LogP contribution is 2.28. The summed E-state index contributed by atoms with van der Waals surface area (Å²) in [6.45, 7) is 3.77.